The molecule has 1 saturated heterocycles. The Morgan fingerprint density at radius 1 is 1.50 bits per heavy atom. The van der Waals surface area contributed by atoms with Gasteiger partial charge in [0, 0.05) is 22.6 Å². The lowest BCUT2D eigenvalue weighted by Gasteiger charge is -2.06. The van der Waals surface area contributed by atoms with Crippen LogP contribution in [0, 0.1) is 5.92 Å². The normalized spacial score (nSPS) is 21.1. The molecule has 0 amide bonds. The second-order valence-electron chi connectivity index (χ2n) is 3.44. The summed E-state index contributed by atoms with van der Waals surface area (Å²) in [6, 6.07) is 7.52. The van der Waals surface area contributed by atoms with Crippen LogP contribution in [0.4, 0.5) is 0 Å². The summed E-state index contributed by atoms with van der Waals surface area (Å²) in [6.45, 7) is 1.29. The molecular formula is C11H11BrO2. The highest BCUT2D eigenvalue weighted by Gasteiger charge is 2.24. The standard InChI is InChI=1S/C11H11BrO2/c12-10-3-1-2-8(6-10)11(13)9-4-5-14-7-9/h1-3,6,9H,4-5,7H2/t9-/m1/s1. The van der Waals surface area contributed by atoms with Crippen molar-refractivity contribution in [2.24, 2.45) is 5.92 Å². The molecule has 1 aromatic carbocycles. The van der Waals surface area contributed by atoms with Gasteiger partial charge in [-0.3, -0.25) is 4.79 Å². The molecule has 0 bridgehead atoms. The average Bonchev–Trinajstić information content (AvgIpc) is 2.69. The Hall–Kier alpha value is -0.670. The lowest BCUT2D eigenvalue weighted by Crippen LogP contribution is -2.14. The molecule has 0 spiro atoms. The smallest absolute Gasteiger partial charge is 0.168 e. The summed E-state index contributed by atoms with van der Waals surface area (Å²) in [5, 5.41) is 0. The number of halogens is 1. The monoisotopic (exact) mass is 254 g/mol. The molecule has 0 unspecified atom stereocenters. The molecule has 0 N–H and O–H groups in total. The fourth-order valence-corrected chi connectivity index (χ4v) is 2.02. The number of carbonyl (C=O) groups is 1. The summed E-state index contributed by atoms with van der Waals surface area (Å²) in [7, 11) is 0. The van der Waals surface area contributed by atoms with Gasteiger partial charge in [0.05, 0.1) is 6.61 Å². The Morgan fingerprint density at radius 2 is 2.36 bits per heavy atom. The molecule has 0 aliphatic carbocycles. The summed E-state index contributed by atoms with van der Waals surface area (Å²) >= 11 is 3.36. The average molecular weight is 255 g/mol. The first-order valence-corrected chi connectivity index (χ1v) is 5.44. The maximum atomic E-state index is 11.9. The highest BCUT2D eigenvalue weighted by atomic mass is 79.9. The third-order valence-electron chi connectivity index (χ3n) is 2.41. The minimum absolute atomic E-state index is 0.0595. The molecule has 1 fully saturated rings. The predicted molar refractivity (Wildman–Crippen MR) is 57.4 cm³/mol. The van der Waals surface area contributed by atoms with Crippen LogP contribution in [0.25, 0.3) is 0 Å². The second-order valence-corrected chi connectivity index (χ2v) is 4.35. The number of hydrogen-bond acceptors (Lipinski definition) is 2. The minimum atomic E-state index is 0.0595. The van der Waals surface area contributed by atoms with Crippen molar-refractivity contribution in [2.75, 3.05) is 13.2 Å². The molecule has 1 aromatic rings. The molecule has 3 heteroatoms. The van der Waals surface area contributed by atoms with Gasteiger partial charge in [0.2, 0.25) is 0 Å². The van der Waals surface area contributed by atoms with E-state index in [4.69, 9.17) is 4.74 Å². The Bertz CT molecular complexity index is 343. The molecular weight excluding hydrogens is 244 g/mol. The highest BCUT2D eigenvalue weighted by Crippen LogP contribution is 2.20. The van der Waals surface area contributed by atoms with E-state index in [-0.39, 0.29) is 11.7 Å². The van der Waals surface area contributed by atoms with Crippen LogP contribution in [0.3, 0.4) is 0 Å². The van der Waals surface area contributed by atoms with Crippen molar-refractivity contribution in [1.82, 2.24) is 0 Å². The zero-order valence-corrected chi connectivity index (χ0v) is 9.29. The summed E-state index contributed by atoms with van der Waals surface area (Å²) in [6.07, 6.45) is 0.853. The van der Waals surface area contributed by atoms with Gasteiger partial charge in [-0.05, 0) is 18.6 Å². The lowest BCUT2D eigenvalue weighted by molar-refractivity contribution is 0.0900. The summed E-state index contributed by atoms with van der Waals surface area (Å²) in [5.74, 6) is 0.258. The summed E-state index contributed by atoms with van der Waals surface area (Å²) in [4.78, 5) is 11.9. The van der Waals surface area contributed by atoms with Gasteiger partial charge < -0.3 is 4.74 Å². The number of ether oxygens (including phenoxy) is 1. The summed E-state index contributed by atoms with van der Waals surface area (Å²) in [5.41, 5.74) is 0.773. The van der Waals surface area contributed by atoms with E-state index < -0.39 is 0 Å². The third-order valence-corrected chi connectivity index (χ3v) is 2.90. The van der Waals surface area contributed by atoms with Crippen molar-refractivity contribution in [3.8, 4) is 0 Å². The van der Waals surface area contributed by atoms with Crippen molar-refractivity contribution in [3.05, 3.63) is 34.3 Å². The van der Waals surface area contributed by atoms with E-state index in [0.29, 0.717) is 13.2 Å². The van der Waals surface area contributed by atoms with Crippen LogP contribution < -0.4 is 0 Å². The maximum absolute atomic E-state index is 11.9. The first-order valence-electron chi connectivity index (χ1n) is 4.65. The Labute approximate surface area is 91.4 Å². The number of hydrogen-bond donors (Lipinski definition) is 0. The third kappa shape index (κ3) is 2.04. The van der Waals surface area contributed by atoms with Gasteiger partial charge in [-0.2, -0.15) is 0 Å². The van der Waals surface area contributed by atoms with Gasteiger partial charge in [-0.25, -0.2) is 0 Å². The van der Waals surface area contributed by atoms with E-state index >= 15 is 0 Å². The van der Waals surface area contributed by atoms with Crippen LogP contribution in [0.5, 0.6) is 0 Å². The zero-order chi connectivity index (χ0) is 9.97. The van der Waals surface area contributed by atoms with Gasteiger partial charge in [0.25, 0.3) is 0 Å². The van der Waals surface area contributed by atoms with Crippen LogP contribution in [-0.2, 0) is 4.74 Å². The molecule has 1 atom stereocenters. The molecule has 0 saturated carbocycles. The Morgan fingerprint density at radius 3 is 3.00 bits per heavy atom. The number of benzene rings is 1. The van der Waals surface area contributed by atoms with Crippen molar-refractivity contribution in [3.63, 3.8) is 0 Å². The second kappa shape index (κ2) is 4.24. The fraction of sp³-hybridized carbons (Fsp3) is 0.364. The van der Waals surface area contributed by atoms with Crippen LogP contribution in [0.2, 0.25) is 0 Å². The van der Waals surface area contributed by atoms with Crippen LogP contribution >= 0.6 is 15.9 Å². The lowest BCUT2D eigenvalue weighted by atomic mass is 9.97. The molecule has 1 heterocycles. The Balaban J connectivity index is 2.17. The van der Waals surface area contributed by atoms with E-state index in [9.17, 15) is 4.79 Å². The number of carbonyl (C=O) groups excluding carboxylic acids is 1. The predicted octanol–water partition coefficient (Wildman–Crippen LogP) is 2.67. The van der Waals surface area contributed by atoms with Crippen LogP contribution in [0.15, 0.2) is 28.7 Å². The van der Waals surface area contributed by atoms with Crippen LogP contribution in [-0.4, -0.2) is 19.0 Å². The van der Waals surface area contributed by atoms with E-state index in [1.807, 2.05) is 24.3 Å². The van der Waals surface area contributed by atoms with Gasteiger partial charge >= 0.3 is 0 Å². The van der Waals surface area contributed by atoms with Crippen molar-refractivity contribution >= 4 is 21.7 Å². The first-order chi connectivity index (χ1) is 6.77. The largest absolute Gasteiger partial charge is 0.381 e. The van der Waals surface area contributed by atoms with Gasteiger partial charge in [-0.1, -0.05) is 28.1 Å². The zero-order valence-electron chi connectivity index (χ0n) is 7.70. The molecule has 2 nitrogen and oxygen atoms in total. The highest BCUT2D eigenvalue weighted by molar-refractivity contribution is 9.10. The Kier molecular flexibility index (Phi) is 2.99. The van der Waals surface area contributed by atoms with Crippen molar-refractivity contribution in [1.29, 1.82) is 0 Å². The molecule has 1 aliphatic rings. The van der Waals surface area contributed by atoms with Crippen molar-refractivity contribution < 1.29 is 9.53 Å². The molecule has 14 heavy (non-hydrogen) atoms. The molecule has 74 valence electrons. The number of ketones is 1. The number of Topliss-reactive ketones (excluding diaryl/α,β-unsaturated/α-hetero) is 1. The fourth-order valence-electron chi connectivity index (χ4n) is 1.62. The number of rotatable bonds is 2. The minimum Gasteiger partial charge on any atom is -0.381 e. The molecule has 0 radical (unpaired) electrons. The van der Waals surface area contributed by atoms with Gasteiger partial charge in [-0.15, -0.1) is 0 Å². The van der Waals surface area contributed by atoms with E-state index in [1.54, 1.807) is 0 Å². The summed E-state index contributed by atoms with van der Waals surface area (Å²) < 4.78 is 6.14. The molecule has 0 aromatic heterocycles. The quantitative estimate of drug-likeness (QED) is 0.759. The van der Waals surface area contributed by atoms with E-state index in [1.165, 1.54) is 0 Å². The van der Waals surface area contributed by atoms with Gasteiger partial charge in [0.15, 0.2) is 5.78 Å². The van der Waals surface area contributed by atoms with E-state index in [2.05, 4.69) is 15.9 Å². The SMILES string of the molecule is O=C(c1cccc(Br)c1)[C@@H]1CCOC1. The topological polar surface area (TPSA) is 26.3 Å². The maximum Gasteiger partial charge on any atom is 0.168 e. The van der Waals surface area contributed by atoms with Crippen molar-refractivity contribution in [2.45, 2.75) is 6.42 Å². The van der Waals surface area contributed by atoms with Gasteiger partial charge in [0.1, 0.15) is 0 Å². The van der Waals surface area contributed by atoms with Crippen LogP contribution in [0.1, 0.15) is 16.8 Å². The molecule has 1 aliphatic heterocycles. The van der Waals surface area contributed by atoms with E-state index in [0.717, 1.165) is 16.5 Å². The molecule has 2 rings (SSSR count). The first kappa shape index (κ1) is 9.87.